The normalized spacial score (nSPS) is 16.1. The van der Waals surface area contributed by atoms with Crippen molar-refractivity contribution in [3.05, 3.63) is 80.5 Å². The highest BCUT2D eigenvalue weighted by atomic mass is 19.1. The molecule has 0 spiro atoms. The number of carbonyl (C=O) groups is 1. The molecule has 6 heteroatoms. The lowest BCUT2D eigenvalue weighted by atomic mass is 9.97. The minimum atomic E-state index is -0.671. The third-order valence-corrected chi connectivity index (χ3v) is 5.53. The van der Waals surface area contributed by atoms with Crippen LogP contribution in [0.2, 0.25) is 0 Å². The van der Waals surface area contributed by atoms with Crippen molar-refractivity contribution >= 4 is 16.9 Å². The summed E-state index contributed by atoms with van der Waals surface area (Å²) in [5.74, 6) is -0.695. The lowest BCUT2D eigenvalue weighted by Gasteiger charge is -2.26. The first-order chi connectivity index (χ1) is 13.8. The van der Waals surface area contributed by atoms with Crippen LogP contribution in [-0.4, -0.2) is 42.9 Å². The van der Waals surface area contributed by atoms with Crippen LogP contribution < -0.4 is 5.43 Å². The minimum absolute atomic E-state index is 0.0544. The lowest BCUT2D eigenvalue weighted by Crippen LogP contribution is -2.35. The highest BCUT2D eigenvalue weighted by Gasteiger charge is 2.42. The van der Waals surface area contributed by atoms with Crippen LogP contribution in [0.25, 0.3) is 11.0 Å². The second-order valence-corrected chi connectivity index (χ2v) is 7.87. The van der Waals surface area contributed by atoms with Crippen molar-refractivity contribution in [3.63, 3.8) is 0 Å². The molecule has 2 aromatic carbocycles. The summed E-state index contributed by atoms with van der Waals surface area (Å²) in [6, 6.07) is 8.97. The molecule has 0 aliphatic carbocycles. The number of likely N-dealkylation sites (N-methyl/N-ethyl adjacent to an activating group) is 1. The molecule has 29 heavy (non-hydrogen) atoms. The monoisotopic (exact) mass is 394 g/mol. The van der Waals surface area contributed by atoms with E-state index in [2.05, 4.69) is 0 Å². The molecule has 0 bridgehead atoms. The lowest BCUT2D eigenvalue weighted by molar-refractivity contribution is 0.0716. The largest absolute Gasteiger partial charge is 0.450 e. The molecule has 5 nitrogen and oxygen atoms in total. The molecular formula is C23H23FN2O3. The maximum atomic E-state index is 14.0. The van der Waals surface area contributed by atoms with Crippen LogP contribution in [-0.2, 0) is 0 Å². The fraction of sp³-hybridized carbons (Fsp3) is 0.304. The highest BCUT2D eigenvalue weighted by molar-refractivity contribution is 5.99. The number of rotatable bonds is 4. The molecule has 0 N–H and O–H groups in total. The van der Waals surface area contributed by atoms with E-state index in [1.807, 2.05) is 32.8 Å². The summed E-state index contributed by atoms with van der Waals surface area (Å²) in [4.78, 5) is 30.2. The first-order valence-corrected chi connectivity index (χ1v) is 9.57. The smallest absolute Gasteiger partial charge is 0.290 e. The van der Waals surface area contributed by atoms with Gasteiger partial charge < -0.3 is 14.2 Å². The predicted molar refractivity (Wildman–Crippen MR) is 110 cm³/mol. The summed E-state index contributed by atoms with van der Waals surface area (Å²) in [6.45, 7) is 4.87. The van der Waals surface area contributed by atoms with Gasteiger partial charge in [-0.3, -0.25) is 9.59 Å². The molecule has 1 aliphatic rings. The fourth-order valence-corrected chi connectivity index (χ4v) is 3.84. The minimum Gasteiger partial charge on any atom is -0.450 e. The zero-order valence-electron chi connectivity index (χ0n) is 17.0. The number of nitrogens with zero attached hydrogens (tertiary/aromatic N) is 2. The molecule has 1 aromatic heterocycles. The Balaban J connectivity index is 1.97. The van der Waals surface area contributed by atoms with Gasteiger partial charge in [0.1, 0.15) is 11.4 Å². The van der Waals surface area contributed by atoms with Gasteiger partial charge in [0.25, 0.3) is 5.91 Å². The summed E-state index contributed by atoms with van der Waals surface area (Å²) < 4.78 is 19.9. The SMILES string of the molecule is Cc1cc2oc3c(c(=O)c2cc1C)[C@H](c1cccc(F)c1)N(CCN(C)C)C3=O. The zero-order valence-corrected chi connectivity index (χ0v) is 17.0. The van der Waals surface area contributed by atoms with E-state index in [-0.39, 0.29) is 22.7 Å². The number of aryl methyl sites for hydroxylation is 2. The predicted octanol–water partition coefficient (Wildman–Crippen LogP) is 3.66. The van der Waals surface area contributed by atoms with Gasteiger partial charge >= 0.3 is 0 Å². The standard InChI is InChI=1S/C23H23FN2O3/c1-13-10-17-18(11-14(13)2)29-22-19(21(17)27)20(15-6-5-7-16(24)12-15)26(23(22)28)9-8-25(3)4/h5-7,10-12,20H,8-9H2,1-4H3/t20-/m0/s1. The molecule has 0 fully saturated rings. The maximum absolute atomic E-state index is 14.0. The van der Waals surface area contributed by atoms with Crippen molar-refractivity contribution in [2.45, 2.75) is 19.9 Å². The van der Waals surface area contributed by atoms with Gasteiger partial charge in [0, 0.05) is 13.1 Å². The first kappa shape index (κ1) is 19.3. The number of benzene rings is 2. The molecule has 1 amide bonds. The van der Waals surface area contributed by atoms with Crippen molar-refractivity contribution < 1.29 is 13.6 Å². The van der Waals surface area contributed by atoms with Crippen LogP contribution in [0, 0.1) is 19.7 Å². The van der Waals surface area contributed by atoms with Gasteiger partial charge in [-0.1, -0.05) is 12.1 Å². The molecule has 0 unspecified atom stereocenters. The van der Waals surface area contributed by atoms with Crippen LogP contribution in [0.15, 0.2) is 45.6 Å². The van der Waals surface area contributed by atoms with Gasteiger partial charge in [0.2, 0.25) is 5.76 Å². The Kier molecular flexibility index (Phi) is 4.74. The van der Waals surface area contributed by atoms with Crippen LogP contribution in [0.5, 0.6) is 0 Å². The van der Waals surface area contributed by atoms with E-state index >= 15 is 0 Å². The Morgan fingerprint density at radius 3 is 2.52 bits per heavy atom. The molecular weight excluding hydrogens is 371 g/mol. The molecule has 1 atom stereocenters. The van der Waals surface area contributed by atoms with Crippen molar-refractivity contribution in [2.24, 2.45) is 0 Å². The first-order valence-electron chi connectivity index (χ1n) is 9.57. The Hall–Kier alpha value is -2.99. The average molecular weight is 394 g/mol. The maximum Gasteiger partial charge on any atom is 0.290 e. The van der Waals surface area contributed by atoms with Crippen LogP contribution >= 0.6 is 0 Å². The molecule has 0 saturated heterocycles. The van der Waals surface area contributed by atoms with E-state index in [4.69, 9.17) is 4.42 Å². The number of fused-ring (bicyclic) bond motifs is 2. The van der Waals surface area contributed by atoms with Gasteiger partial charge in [0.15, 0.2) is 5.43 Å². The fourth-order valence-electron chi connectivity index (χ4n) is 3.84. The number of halogens is 1. The number of carbonyl (C=O) groups excluding carboxylic acids is 1. The van der Waals surface area contributed by atoms with Gasteiger partial charge in [-0.25, -0.2) is 4.39 Å². The Bertz CT molecular complexity index is 1180. The molecule has 2 heterocycles. The molecule has 1 aliphatic heterocycles. The number of hydrogen-bond acceptors (Lipinski definition) is 4. The van der Waals surface area contributed by atoms with Crippen LogP contribution in [0.4, 0.5) is 4.39 Å². The second kappa shape index (κ2) is 7.12. The Labute approximate surface area is 168 Å². The Morgan fingerprint density at radius 2 is 1.83 bits per heavy atom. The summed E-state index contributed by atoms with van der Waals surface area (Å²) in [7, 11) is 3.82. The quantitative estimate of drug-likeness (QED) is 0.678. The molecule has 4 rings (SSSR count). The molecule has 0 radical (unpaired) electrons. The molecule has 0 saturated carbocycles. The summed E-state index contributed by atoms with van der Waals surface area (Å²) in [6.07, 6.45) is 0. The third-order valence-electron chi connectivity index (χ3n) is 5.53. The third kappa shape index (κ3) is 3.23. The van der Waals surface area contributed by atoms with Crippen molar-refractivity contribution in [1.82, 2.24) is 9.80 Å². The van der Waals surface area contributed by atoms with Crippen LogP contribution in [0.3, 0.4) is 0 Å². The average Bonchev–Trinajstić information content (AvgIpc) is 2.94. The summed E-state index contributed by atoms with van der Waals surface area (Å²) >= 11 is 0. The van der Waals surface area contributed by atoms with E-state index in [0.717, 1.165) is 11.1 Å². The molecule has 3 aromatic rings. The van der Waals surface area contributed by atoms with Gasteiger partial charge in [-0.2, -0.15) is 0 Å². The van der Waals surface area contributed by atoms with E-state index in [1.165, 1.54) is 12.1 Å². The summed E-state index contributed by atoms with van der Waals surface area (Å²) in [5, 5.41) is 0.440. The summed E-state index contributed by atoms with van der Waals surface area (Å²) in [5.41, 5.74) is 2.97. The second-order valence-electron chi connectivity index (χ2n) is 7.87. The van der Waals surface area contributed by atoms with Gasteiger partial charge in [-0.15, -0.1) is 0 Å². The van der Waals surface area contributed by atoms with Gasteiger partial charge in [0.05, 0.1) is 17.0 Å². The topological polar surface area (TPSA) is 53.8 Å². The van der Waals surface area contributed by atoms with E-state index < -0.39 is 11.9 Å². The van der Waals surface area contributed by atoms with Gasteiger partial charge in [-0.05, 0) is 68.9 Å². The Morgan fingerprint density at radius 1 is 1.10 bits per heavy atom. The molecule has 150 valence electrons. The van der Waals surface area contributed by atoms with Crippen LogP contribution in [0.1, 0.15) is 38.9 Å². The van der Waals surface area contributed by atoms with Crippen molar-refractivity contribution in [1.29, 1.82) is 0 Å². The van der Waals surface area contributed by atoms with Crippen molar-refractivity contribution in [2.75, 3.05) is 27.2 Å². The van der Waals surface area contributed by atoms with E-state index in [9.17, 15) is 14.0 Å². The van der Waals surface area contributed by atoms with E-state index in [1.54, 1.807) is 29.2 Å². The van der Waals surface area contributed by atoms with E-state index in [0.29, 0.717) is 29.6 Å². The highest BCUT2D eigenvalue weighted by Crippen LogP contribution is 2.38. The number of amides is 1. The number of hydrogen-bond donors (Lipinski definition) is 0. The van der Waals surface area contributed by atoms with Crippen molar-refractivity contribution in [3.8, 4) is 0 Å². The zero-order chi connectivity index (χ0) is 20.9.